The summed E-state index contributed by atoms with van der Waals surface area (Å²) in [6, 6.07) is 3.82. The number of pyridine rings is 1. The van der Waals surface area contributed by atoms with E-state index < -0.39 is 0 Å². The van der Waals surface area contributed by atoms with Gasteiger partial charge in [-0.15, -0.1) is 10.2 Å². The number of aromatic nitrogens is 3. The molecule has 178 valence electrons. The average molecular weight is 492 g/mol. The number of hydrogen-bond donors (Lipinski definition) is 0. The normalized spacial score (nSPS) is 20.2. The number of nitrogens with zero attached hydrogens (tertiary/aromatic N) is 5. The predicted molar refractivity (Wildman–Crippen MR) is 125 cm³/mol. The summed E-state index contributed by atoms with van der Waals surface area (Å²) in [6.45, 7) is 5.39. The van der Waals surface area contributed by atoms with Crippen LogP contribution in [0.2, 0.25) is 0 Å². The van der Waals surface area contributed by atoms with Crippen molar-refractivity contribution in [3.05, 3.63) is 35.1 Å². The number of aryl methyl sites for hydroxylation is 1. The molecule has 2 aliphatic rings. The fourth-order valence-electron chi connectivity index (χ4n) is 3.94. The van der Waals surface area contributed by atoms with Crippen LogP contribution in [0.1, 0.15) is 23.4 Å². The number of thioether (sulfide) groups is 1. The van der Waals surface area contributed by atoms with E-state index in [1.807, 2.05) is 24.0 Å². The molecule has 0 aromatic carbocycles. The maximum Gasteiger partial charge on any atom is 0.242 e. The average Bonchev–Trinajstić information content (AvgIpc) is 3.19. The van der Waals surface area contributed by atoms with Gasteiger partial charge in [0.15, 0.2) is 4.34 Å². The molecule has 0 saturated carbocycles. The molecule has 4 heterocycles. The Morgan fingerprint density at radius 1 is 1.24 bits per heavy atom. The molecule has 0 N–H and O–H groups in total. The van der Waals surface area contributed by atoms with Crippen LogP contribution in [0.3, 0.4) is 0 Å². The highest BCUT2D eigenvalue weighted by Gasteiger charge is 2.32. The molecule has 0 radical (unpaired) electrons. The van der Waals surface area contributed by atoms with Crippen LogP contribution in [0.25, 0.3) is 0 Å². The molecule has 4 rings (SSSR count). The maximum atomic E-state index is 13.1. The van der Waals surface area contributed by atoms with Crippen LogP contribution in [0.15, 0.2) is 28.9 Å². The zero-order chi connectivity index (χ0) is 23.0. The van der Waals surface area contributed by atoms with Crippen LogP contribution < -0.4 is 0 Å². The minimum absolute atomic E-state index is 0.0263. The molecule has 2 saturated heterocycles. The molecule has 0 unspecified atom stereocenters. The third-order valence-corrected chi connectivity index (χ3v) is 7.72. The standard InChI is InChI=1S/C22H29N5O4S2/c1-16-24-25-22(33-16)32-15-21(29)27-12-19(31-14-18-2-6-23-7-3-18)11-26(20(28)13-27)10-17-4-8-30-9-5-17/h2-3,6-7,17,19H,4-5,8-15H2,1H3/t19-/m0/s1. The van der Waals surface area contributed by atoms with Gasteiger partial charge in [-0.05, 0) is 43.4 Å². The van der Waals surface area contributed by atoms with Gasteiger partial charge in [0, 0.05) is 45.2 Å². The van der Waals surface area contributed by atoms with E-state index in [1.54, 1.807) is 17.3 Å². The van der Waals surface area contributed by atoms with Gasteiger partial charge >= 0.3 is 0 Å². The highest BCUT2D eigenvalue weighted by atomic mass is 32.2. The molecule has 0 spiro atoms. The van der Waals surface area contributed by atoms with Crippen molar-refractivity contribution in [3.8, 4) is 0 Å². The van der Waals surface area contributed by atoms with Gasteiger partial charge in [0.1, 0.15) is 5.01 Å². The van der Waals surface area contributed by atoms with Gasteiger partial charge in [-0.3, -0.25) is 14.6 Å². The highest BCUT2D eigenvalue weighted by molar-refractivity contribution is 8.01. The summed E-state index contributed by atoms with van der Waals surface area (Å²) < 4.78 is 12.4. The monoisotopic (exact) mass is 491 g/mol. The minimum atomic E-state index is -0.262. The van der Waals surface area contributed by atoms with Crippen molar-refractivity contribution in [2.75, 3.05) is 45.1 Å². The summed E-state index contributed by atoms with van der Waals surface area (Å²) in [7, 11) is 0. The molecule has 11 heteroatoms. The second-order valence-electron chi connectivity index (χ2n) is 8.29. The van der Waals surface area contributed by atoms with Gasteiger partial charge in [-0.1, -0.05) is 23.1 Å². The molecule has 2 aliphatic heterocycles. The van der Waals surface area contributed by atoms with Gasteiger partial charge in [0.05, 0.1) is 25.0 Å². The molecular formula is C22H29N5O4S2. The van der Waals surface area contributed by atoms with Crippen molar-refractivity contribution in [3.63, 3.8) is 0 Å². The molecule has 9 nitrogen and oxygen atoms in total. The third-order valence-electron chi connectivity index (χ3n) is 5.76. The number of ether oxygens (including phenoxy) is 2. The molecule has 2 aromatic rings. The summed E-state index contributed by atoms with van der Waals surface area (Å²) >= 11 is 2.82. The van der Waals surface area contributed by atoms with E-state index in [2.05, 4.69) is 15.2 Å². The topological polar surface area (TPSA) is 97.8 Å². The molecule has 2 amide bonds. The van der Waals surface area contributed by atoms with Gasteiger partial charge < -0.3 is 19.3 Å². The summed E-state index contributed by atoms with van der Waals surface area (Å²) in [5, 5.41) is 8.92. The first-order valence-electron chi connectivity index (χ1n) is 11.1. The number of amides is 2. The van der Waals surface area contributed by atoms with Crippen molar-refractivity contribution in [1.82, 2.24) is 25.0 Å². The van der Waals surface area contributed by atoms with E-state index in [-0.39, 0.29) is 30.2 Å². The number of carbonyl (C=O) groups excluding carboxylic acids is 2. The molecule has 1 atom stereocenters. The lowest BCUT2D eigenvalue weighted by molar-refractivity contribution is -0.137. The van der Waals surface area contributed by atoms with E-state index in [9.17, 15) is 9.59 Å². The molecule has 33 heavy (non-hydrogen) atoms. The maximum absolute atomic E-state index is 13.1. The minimum Gasteiger partial charge on any atom is -0.381 e. The number of hydrogen-bond acceptors (Lipinski definition) is 9. The quantitative estimate of drug-likeness (QED) is 0.518. The summed E-state index contributed by atoms with van der Waals surface area (Å²) in [6.07, 6.45) is 5.10. The van der Waals surface area contributed by atoms with E-state index in [4.69, 9.17) is 9.47 Å². The first-order valence-corrected chi connectivity index (χ1v) is 12.9. The summed E-state index contributed by atoms with van der Waals surface area (Å²) in [5.74, 6) is 0.522. The Morgan fingerprint density at radius 3 is 2.76 bits per heavy atom. The van der Waals surface area contributed by atoms with Crippen molar-refractivity contribution in [2.24, 2.45) is 5.92 Å². The van der Waals surface area contributed by atoms with Crippen LogP contribution in [0.5, 0.6) is 0 Å². The summed E-state index contributed by atoms with van der Waals surface area (Å²) in [4.78, 5) is 33.7. The molecule has 2 fully saturated rings. The predicted octanol–water partition coefficient (Wildman–Crippen LogP) is 2.02. The van der Waals surface area contributed by atoms with E-state index in [0.717, 1.165) is 41.0 Å². The number of rotatable bonds is 8. The molecular weight excluding hydrogens is 462 g/mol. The highest BCUT2D eigenvalue weighted by Crippen LogP contribution is 2.23. The number of carbonyl (C=O) groups is 2. The van der Waals surface area contributed by atoms with Crippen molar-refractivity contribution >= 4 is 34.9 Å². The van der Waals surface area contributed by atoms with E-state index in [1.165, 1.54) is 23.1 Å². The van der Waals surface area contributed by atoms with Gasteiger partial charge in [0.25, 0.3) is 0 Å². The Hall–Kier alpha value is -2.08. The van der Waals surface area contributed by atoms with Gasteiger partial charge in [-0.25, -0.2) is 0 Å². The molecule has 0 bridgehead atoms. The molecule has 0 aliphatic carbocycles. The zero-order valence-electron chi connectivity index (χ0n) is 18.7. The van der Waals surface area contributed by atoms with E-state index in [0.29, 0.717) is 32.2 Å². The van der Waals surface area contributed by atoms with Gasteiger partial charge in [0.2, 0.25) is 11.8 Å². The lowest BCUT2D eigenvalue weighted by Crippen LogP contribution is -2.42. The molecule has 2 aromatic heterocycles. The van der Waals surface area contributed by atoms with Gasteiger partial charge in [-0.2, -0.15) is 0 Å². The smallest absolute Gasteiger partial charge is 0.242 e. The van der Waals surface area contributed by atoms with Crippen LogP contribution in [-0.4, -0.2) is 88.0 Å². The zero-order valence-corrected chi connectivity index (χ0v) is 20.4. The Balaban J connectivity index is 1.41. The lowest BCUT2D eigenvalue weighted by Gasteiger charge is -2.30. The Morgan fingerprint density at radius 2 is 2.03 bits per heavy atom. The Kier molecular flexibility index (Phi) is 8.65. The fourth-order valence-corrected chi connectivity index (χ4v) is 5.65. The van der Waals surface area contributed by atoms with Crippen molar-refractivity contribution in [2.45, 2.75) is 36.8 Å². The lowest BCUT2D eigenvalue weighted by atomic mass is 9.99. The van der Waals surface area contributed by atoms with Crippen molar-refractivity contribution in [1.29, 1.82) is 0 Å². The second-order valence-corrected chi connectivity index (χ2v) is 10.7. The SMILES string of the molecule is Cc1nnc(SCC(=O)N2CC(=O)N(CC3CCOCC3)C[C@H](OCc3ccncc3)C2)s1. The third kappa shape index (κ3) is 7.20. The van der Waals surface area contributed by atoms with Crippen LogP contribution in [-0.2, 0) is 25.7 Å². The largest absolute Gasteiger partial charge is 0.381 e. The van der Waals surface area contributed by atoms with Crippen LogP contribution in [0, 0.1) is 12.8 Å². The van der Waals surface area contributed by atoms with Crippen LogP contribution in [0.4, 0.5) is 0 Å². The van der Waals surface area contributed by atoms with Crippen molar-refractivity contribution < 1.29 is 19.1 Å². The Bertz CT molecular complexity index is 923. The van der Waals surface area contributed by atoms with E-state index >= 15 is 0 Å². The first-order chi connectivity index (χ1) is 16.1. The Labute approximate surface area is 201 Å². The second kappa shape index (κ2) is 11.9. The van der Waals surface area contributed by atoms with Crippen LogP contribution >= 0.6 is 23.1 Å². The first kappa shape index (κ1) is 24.1. The fraction of sp³-hybridized carbons (Fsp3) is 0.591. The summed E-state index contributed by atoms with van der Waals surface area (Å²) in [5.41, 5.74) is 1.01.